The fraction of sp³-hybridized carbons (Fsp3) is 0.400. The second-order valence-electron chi connectivity index (χ2n) is 2.60. The lowest BCUT2D eigenvalue weighted by molar-refractivity contribution is 0.0897. The molecule has 0 radical (unpaired) electrons. The molecule has 0 aliphatic heterocycles. The maximum absolute atomic E-state index is 11.6. The maximum Gasteiger partial charge on any atom is 0.119 e. The first-order valence-corrected chi connectivity index (χ1v) is 4.73. The van der Waals surface area contributed by atoms with Crippen LogP contribution in [0.5, 0.6) is 5.75 Å². The van der Waals surface area contributed by atoms with Gasteiger partial charge in [-0.25, -0.2) is 4.39 Å². The summed E-state index contributed by atoms with van der Waals surface area (Å²) in [7, 11) is 0. The van der Waals surface area contributed by atoms with E-state index in [0.717, 1.165) is 5.75 Å². The van der Waals surface area contributed by atoms with Crippen LogP contribution in [0.1, 0.15) is 0 Å². The molecule has 0 spiro atoms. The van der Waals surface area contributed by atoms with Crippen molar-refractivity contribution in [2.75, 3.05) is 26.5 Å². The van der Waals surface area contributed by atoms with Gasteiger partial charge in [0.1, 0.15) is 19.0 Å². The molecule has 0 bridgehead atoms. The quantitative estimate of drug-likeness (QED) is 0.684. The Morgan fingerprint density at radius 3 is 2.43 bits per heavy atom. The van der Waals surface area contributed by atoms with Crippen molar-refractivity contribution in [2.45, 2.75) is 0 Å². The van der Waals surface area contributed by atoms with E-state index in [1.165, 1.54) is 0 Å². The first-order chi connectivity index (χ1) is 6.83. The van der Waals surface area contributed by atoms with E-state index in [0.29, 0.717) is 18.2 Å². The third-order valence-corrected chi connectivity index (χ3v) is 1.78. The summed E-state index contributed by atoms with van der Waals surface area (Å²) in [6, 6.07) is 7.05. The summed E-state index contributed by atoms with van der Waals surface area (Å²) in [4.78, 5) is 0. The predicted molar refractivity (Wildman–Crippen MR) is 53.7 cm³/mol. The molecule has 0 heterocycles. The molecule has 0 N–H and O–H groups in total. The maximum atomic E-state index is 11.6. The van der Waals surface area contributed by atoms with Crippen LogP contribution in [0.2, 0.25) is 5.02 Å². The second kappa shape index (κ2) is 6.62. The lowest BCUT2D eigenvalue weighted by Crippen LogP contribution is -2.07. The van der Waals surface area contributed by atoms with Gasteiger partial charge in [-0.05, 0) is 24.3 Å². The van der Waals surface area contributed by atoms with E-state index in [4.69, 9.17) is 21.1 Å². The molecular weight excluding hydrogens is 207 g/mol. The van der Waals surface area contributed by atoms with E-state index in [1.807, 2.05) is 0 Å². The summed E-state index contributed by atoms with van der Waals surface area (Å²) in [6.07, 6.45) is 0. The molecule has 0 aliphatic rings. The highest BCUT2D eigenvalue weighted by molar-refractivity contribution is 6.30. The smallest absolute Gasteiger partial charge is 0.119 e. The minimum atomic E-state index is -0.457. The van der Waals surface area contributed by atoms with Crippen molar-refractivity contribution >= 4 is 11.6 Å². The molecule has 0 saturated heterocycles. The van der Waals surface area contributed by atoms with Crippen LogP contribution in [0.4, 0.5) is 4.39 Å². The number of benzene rings is 1. The number of ether oxygens (including phenoxy) is 2. The molecule has 2 nitrogen and oxygen atoms in total. The van der Waals surface area contributed by atoms with Crippen molar-refractivity contribution < 1.29 is 13.9 Å². The van der Waals surface area contributed by atoms with Crippen LogP contribution < -0.4 is 4.74 Å². The van der Waals surface area contributed by atoms with Crippen molar-refractivity contribution in [2.24, 2.45) is 0 Å². The van der Waals surface area contributed by atoms with Gasteiger partial charge in [-0.2, -0.15) is 0 Å². The predicted octanol–water partition coefficient (Wildman–Crippen LogP) is 2.70. The average molecular weight is 219 g/mol. The molecule has 1 aromatic carbocycles. The molecular formula is C10H12ClFO2. The lowest BCUT2D eigenvalue weighted by atomic mass is 10.3. The van der Waals surface area contributed by atoms with Gasteiger partial charge in [-0.1, -0.05) is 11.6 Å². The standard InChI is InChI=1S/C10H12ClFO2/c11-9-1-3-10(4-2-9)14-8-7-13-6-5-12/h1-4H,5-8H2. The Morgan fingerprint density at radius 1 is 1.07 bits per heavy atom. The van der Waals surface area contributed by atoms with Gasteiger partial charge in [0.15, 0.2) is 0 Å². The summed E-state index contributed by atoms with van der Waals surface area (Å²) in [5.74, 6) is 0.734. The summed E-state index contributed by atoms with van der Waals surface area (Å²) in [6.45, 7) is 0.485. The average Bonchev–Trinajstić information content (AvgIpc) is 2.21. The normalized spacial score (nSPS) is 10.1. The van der Waals surface area contributed by atoms with Crippen LogP contribution in [0.3, 0.4) is 0 Å². The van der Waals surface area contributed by atoms with Crippen LogP contribution in [-0.2, 0) is 4.74 Å². The zero-order valence-corrected chi connectivity index (χ0v) is 8.47. The first kappa shape index (κ1) is 11.3. The Hall–Kier alpha value is -0.800. The van der Waals surface area contributed by atoms with Crippen LogP contribution in [0, 0.1) is 0 Å². The van der Waals surface area contributed by atoms with Crippen molar-refractivity contribution in [1.29, 1.82) is 0 Å². The number of alkyl halides is 1. The molecule has 78 valence electrons. The van der Waals surface area contributed by atoms with Crippen LogP contribution in [0.25, 0.3) is 0 Å². The number of hydrogen-bond acceptors (Lipinski definition) is 2. The van der Waals surface area contributed by atoms with E-state index in [2.05, 4.69) is 0 Å². The van der Waals surface area contributed by atoms with E-state index in [-0.39, 0.29) is 6.61 Å². The minimum absolute atomic E-state index is 0.129. The van der Waals surface area contributed by atoms with Gasteiger partial charge in [0.2, 0.25) is 0 Å². The first-order valence-electron chi connectivity index (χ1n) is 4.35. The SMILES string of the molecule is FCCOCCOc1ccc(Cl)cc1. The molecule has 14 heavy (non-hydrogen) atoms. The molecule has 1 aromatic rings. The third kappa shape index (κ3) is 4.44. The largest absolute Gasteiger partial charge is 0.491 e. The Kier molecular flexibility index (Phi) is 5.33. The van der Waals surface area contributed by atoms with Crippen LogP contribution >= 0.6 is 11.6 Å². The van der Waals surface area contributed by atoms with Gasteiger partial charge in [0.05, 0.1) is 13.2 Å². The molecule has 0 aromatic heterocycles. The zero-order valence-electron chi connectivity index (χ0n) is 7.71. The molecule has 1 rings (SSSR count). The molecule has 0 aliphatic carbocycles. The fourth-order valence-electron chi connectivity index (χ4n) is 0.906. The van der Waals surface area contributed by atoms with Gasteiger partial charge < -0.3 is 9.47 Å². The fourth-order valence-corrected chi connectivity index (χ4v) is 1.03. The Bertz CT molecular complexity index is 251. The highest BCUT2D eigenvalue weighted by atomic mass is 35.5. The van der Waals surface area contributed by atoms with Crippen LogP contribution in [-0.4, -0.2) is 26.5 Å². The van der Waals surface area contributed by atoms with Crippen molar-refractivity contribution in [3.05, 3.63) is 29.3 Å². The summed E-state index contributed by atoms with van der Waals surface area (Å²) < 4.78 is 21.8. The highest BCUT2D eigenvalue weighted by Crippen LogP contribution is 2.15. The summed E-state index contributed by atoms with van der Waals surface area (Å²) in [5, 5.41) is 0.672. The van der Waals surface area contributed by atoms with E-state index >= 15 is 0 Å². The number of halogens is 2. The van der Waals surface area contributed by atoms with Crippen molar-refractivity contribution in [3.63, 3.8) is 0 Å². The van der Waals surface area contributed by atoms with Gasteiger partial charge in [0, 0.05) is 5.02 Å². The molecule has 0 fully saturated rings. The van der Waals surface area contributed by atoms with Gasteiger partial charge in [-0.3, -0.25) is 0 Å². The third-order valence-electron chi connectivity index (χ3n) is 1.53. The van der Waals surface area contributed by atoms with Crippen LogP contribution in [0.15, 0.2) is 24.3 Å². The molecule has 0 unspecified atom stereocenters. The number of rotatable bonds is 6. The molecule has 0 saturated carbocycles. The minimum Gasteiger partial charge on any atom is -0.491 e. The van der Waals surface area contributed by atoms with Gasteiger partial charge in [0.25, 0.3) is 0 Å². The Labute approximate surface area is 87.6 Å². The van der Waals surface area contributed by atoms with E-state index < -0.39 is 6.67 Å². The van der Waals surface area contributed by atoms with E-state index in [9.17, 15) is 4.39 Å². The van der Waals surface area contributed by atoms with Crippen molar-refractivity contribution in [3.8, 4) is 5.75 Å². The molecule has 0 amide bonds. The summed E-state index contributed by atoms with van der Waals surface area (Å²) in [5.41, 5.74) is 0. The Morgan fingerprint density at radius 2 is 1.79 bits per heavy atom. The topological polar surface area (TPSA) is 18.5 Å². The summed E-state index contributed by atoms with van der Waals surface area (Å²) >= 11 is 5.69. The zero-order chi connectivity index (χ0) is 10.2. The Balaban J connectivity index is 2.15. The number of hydrogen-bond donors (Lipinski definition) is 0. The molecule has 0 atom stereocenters. The highest BCUT2D eigenvalue weighted by Gasteiger charge is 1.93. The van der Waals surface area contributed by atoms with E-state index in [1.54, 1.807) is 24.3 Å². The van der Waals surface area contributed by atoms with Crippen molar-refractivity contribution in [1.82, 2.24) is 0 Å². The monoisotopic (exact) mass is 218 g/mol. The second-order valence-corrected chi connectivity index (χ2v) is 3.04. The lowest BCUT2D eigenvalue weighted by Gasteiger charge is -2.05. The van der Waals surface area contributed by atoms with Gasteiger partial charge >= 0.3 is 0 Å². The molecule has 4 heteroatoms. The van der Waals surface area contributed by atoms with Gasteiger partial charge in [-0.15, -0.1) is 0 Å².